The quantitative estimate of drug-likeness (QED) is 0.366. The summed E-state index contributed by atoms with van der Waals surface area (Å²) in [5, 5.41) is 8.61. The van der Waals surface area contributed by atoms with E-state index in [0.717, 1.165) is 5.56 Å². The van der Waals surface area contributed by atoms with Gasteiger partial charge in [0.05, 0.1) is 25.8 Å². The van der Waals surface area contributed by atoms with Crippen molar-refractivity contribution in [2.75, 3.05) is 12.8 Å². The molecule has 0 bridgehead atoms. The molecule has 3 N–H and O–H groups in total. The second-order valence-corrected chi connectivity index (χ2v) is 6.22. The Morgan fingerprint density at radius 1 is 1.24 bits per heavy atom. The third-order valence-corrected chi connectivity index (χ3v) is 3.47. The number of carboxylic acids is 1. The van der Waals surface area contributed by atoms with Crippen LogP contribution in [0.1, 0.15) is 18.4 Å². The van der Waals surface area contributed by atoms with E-state index in [1.807, 2.05) is 30.3 Å². The van der Waals surface area contributed by atoms with E-state index >= 15 is 0 Å². The highest BCUT2D eigenvalue weighted by Crippen LogP contribution is 2.37. The van der Waals surface area contributed by atoms with Gasteiger partial charge in [0.1, 0.15) is 0 Å². The first kappa shape index (κ1) is 17.6. The molecule has 0 aliphatic carbocycles. The molecule has 1 aromatic rings. The van der Waals surface area contributed by atoms with Crippen LogP contribution in [0.3, 0.4) is 0 Å². The molecular weight excluding hydrogens is 295 g/mol. The normalized spacial score (nSPS) is 12.4. The maximum absolute atomic E-state index is 11.0. The fraction of sp³-hybridized carbons (Fsp3) is 0.357. The van der Waals surface area contributed by atoms with E-state index in [1.165, 1.54) is 6.08 Å². The molecule has 0 aliphatic heterocycles. The average molecular weight is 314 g/mol. The summed E-state index contributed by atoms with van der Waals surface area (Å²) in [6.07, 6.45) is 0.946. The first-order valence-corrected chi connectivity index (χ1v) is 8.22. The summed E-state index contributed by atoms with van der Waals surface area (Å²) in [5.41, 5.74) is 1.40. The summed E-state index contributed by atoms with van der Waals surface area (Å²) < 4.78 is 16.4. The summed E-state index contributed by atoms with van der Waals surface area (Å²) in [4.78, 5) is 28.5. The van der Waals surface area contributed by atoms with Gasteiger partial charge >= 0.3 is 13.6 Å². The maximum Gasteiger partial charge on any atom is 0.329 e. The number of hydrogen-bond donors (Lipinski definition) is 3. The fourth-order valence-electron chi connectivity index (χ4n) is 1.71. The fourth-order valence-corrected chi connectivity index (χ4v) is 2.53. The molecule has 0 spiro atoms. The molecule has 0 aromatic heterocycles. The first-order chi connectivity index (χ1) is 9.87. The predicted molar refractivity (Wildman–Crippen MR) is 78.0 cm³/mol. The van der Waals surface area contributed by atoms with E-state index in [2.05, 4.69) is 0 Å². The second kappa shape index (κ2) is 8.74. The SMILES string of the molecule is O=C(O)C/C=C(/CCOCc1ccccc1)CP(=O)(O)O. The van der Waals surface area contributed by atoms with Crippen molar-refractivity contribution in [2.45, 2.75) is 19.4 Å². The Kier molecular flexibility index (Phi) is 7.32. The lowest BCUT2D eigenvalue weighted by Gasteiger charge is -2.10. The highest BCUT2D eigenvalue weighted by Gasteiger charge is 2.16. The smallest absolute Gasteiger partial charge is 0.329 e. The van der Waals surface area contributed by atoms with Crippen molar-refractivity contribution in [3.05, 3.63) is 47.5 Å². The van der Waals surface area contributed by atoms with Crippen LogP contribution in [-0.4, -0.2) is 33.6 Å². The Labute approximate surface area is 123 Å². The molecule has 0 unspecified atom stereocenters. The van der Waals surface area contributed by atoms with Crippen LogP contribution in [0.4, 0.5) is 0 Å². The minimum absolute atomic E-state index is 0.256. The van der Waals surface area contributed by atoms with Crippen molar-refractivity contribution >= 4 is 13.6 Å². The number of aliphatic carboxylic acids is 1. The molecule has 0 saturated carbocycles. The molecule has 0 atom stereocenters. The molecule has 7 heteroatoms. The molecule has 1 rings (SSSR count). The molecule has 0 amide bonds. The number of carbonyl (C=O) groups is 1. The van der Waals surface area contributed by atoms with Crippen LogP contribution in [0.5, 0.6) is 0 Å². The van der Waals surface area contributed by atoms with Crippen molar-refractivity contribution in [2.24, 2.45) is 0 Å². The van der Waals surface area contributed by atoms with Gasteiger partial charge in [-0.25, -0.2) is 0 Å². The maximum atomic E-state index is 11.0. The predicted octanol–water partition coefficient (Wildman–Crippen LogP) is 2.17. The van der Waals surface area contributed by atoms with Gasteiger partial charge in [-0.05, 0) is 12.0 Å². The topological polar surface area (TPSA) is 104 Å². The summed E-state index contributed by atoms with van der Waals surface area (Å²) >= 11 is 0. The Balaban J connectivity index is 2.44. The number of carboxylic acid groups (broad SMARTS) is 1. The van der Waals surface area contributed by atoms with E-state index in [0.29, 0.717) is 18.6 Å². The highest BCUT2D eigenvalue weighted by atomic mass is 31.2. The molecule has 0 fully saturated rings. The zero-order valence-corrected chi connectivity index (χ0v) is 12.4. The van der Waals surface area contributed by atoms with Gasteiger partial charge in [-0.2, -0.15) is 0 Å². The Morgan fingerprint density at radius 3 is 2.48 bits per heavy atom. The molecule has 0 heterocycles. The van der Waals surface area contributed by atoms with Gasteiger partial charge in [-0.3, -0.25) is 9.36 Å². The van der Waals surface area contributed by atoms with Crippen molar-refractivity contribution in [1.82, 2.24) is 0 Å². The summed E-state index contributed by atoms with van der Waals surface area (Å²) in [7, 11) is -4.21. The van der Waals surface area contributed by atoms with Crippen LogP contribution < -0.4 is 0 Å². The number of benzene rings is 1. The minimum atomic E-state index is -4.21. The molecule has 0 saturated heterocycles. The lowest BCUT2D eigenvalue weighted by atomic mass is 10.2. The van der Waals surface area contributed by atoms with Crippen LogP contribution in [-0.2, 0) is 20.7 Å². The molecule has 116 valence electrons. The third kappa shape index (κ3) is 9.15. The minimum Gasteiger partial charge on any atom is -0.481 e. The molecular formula is C14H19O6P. The second-order valence-electron chi connectivity index (χ2n) is 4.57. The highest BCUT2D eigenvalue weighted by molar-refractivity contribution is 7.52. The van der Waals surface area contributed by atoms with Crippen molar-refractivity contribution < 1.29 is 29.0 Å². The summed E-state index contributed by atoms with van der Waals surface area (Å²) in [6, 6.07) is 9.51. The van der Waals surface area contributed by atoms with Crippen LogP contribution in [0, 0.1) is 0 Å². The van der Waals surface area contributed by atoms with Crippen molar-refractivity contribution in [1.29, 1.82) is 0 Å². The molecule has 0 radical (unpaired) electrons. The standard InChI is InChI=1S/C14H19O6P/c15-14(16)7-6-13(11-21(17,18)19)8-9-20-10-12-4-2-1-3-5-12/h1-6H,7-11H2,(H,15,16)(H2,17,18,19)/b13-6-. The first-order valence-electron chi connectivity index (χ1n) is 6.43. The Hall–Kier alpha value is -1.46. The van der Waals surface area contributed by atoms with Gasteiger partial charge in [0, 0.05) is 0 Å². The summed E-state index contributed by atoms with van der Waals surface area (Å²) in [5.74, 6) is -1.04. The van der Waals surface area contributed by atoms with Crippen molar-refractivity contribution in [3.63, 3.8) is 0 Å². The molecule has 1 aromatic carbocycles. The van der Waals surface area contributed by atoms with E-state index in [1.54, 1.807) is 0 Å². The zero-order chi connectivity index (χ0) is 15.7. The number of rotatable bonds is 9. The van der Waals surface area contributed by atoms with E-state index in [-0.39, 0.29) is 13.0 Å². The van der Waals surface area contributed by atoms with Crippen molar-refractivity contribution in [3.8, 4) is 0 Å². The average Bonchev–Trinajstić information content (AvgIpc) is 2.40. The monoisotopic (exact) mass is 314 g/mol. The van der Waals surface area contributed by atoms with Crippen LogP contribution in [0.15, 0.2) is 42.0 Å². The van der Waals surface area contributed by atoms with Gasteiger partial charge in [0.2, 0.25) is 0 Å². The Morgan fingerprint density at radius 2 is 1.90 bits per heavy atom. The zero-order valence-electron chi connectivity index (χ0n) is 11.5. The van der Waals surface area contributed by atoms with E-state index in [4.69, 9.17) is 19.6 Å². The van der Waals surface area contributed by atoms with Gasteiger partial charge in [-0.15, -0.1) is 0 Å². The van der Waals surface area contributed by atoms with E-state index < -0.39 is 19.7 Å². The van der Waals surface area contributed by atoms with E-state index in [9.17, 15) is 9.36 Å². The lowest BCUT2D eigenvalue weighted by molar-refractivity contribution is -0.136. The molecule has 0 aliphatic rings. The van der Waals surface area contributed by atoms with Gasteiger partial charge in [-0.1, -0.05) is 42.0 Å². The van der Waals surface area contributed by atoms with Gasteiger partial charge < -0.3 is 19.6 Å². The number of hydrogen-bond acceptors (Lipinski definition) is 3. The molecule has 21 heavy (non-hydrogen) atoms. The Bertz CT molecular complexity index is 520. The number of ether oxygens (including phenoxy) is 1. The van der Waals surface area contributed by atoms with Crippen LogP contribution in [0.2, 0.25) is 0 Å². The largest absolute Gasteiger partial charge is 0.481 e. The van der Waals surface area contributed by atoms with Gasteiger partial charge in [0.15, 0.2) is 0 Å². The van der Waals surface area contributed by atoms with Crippen LogP contribution in [0.25, 0.3) is 0 Å². The van der Waals surface area contributed by atoms with Crippen LogP contribution >= 0.6 is 7.60 Å². The lowest BCUT2D eigenvalue weighted by Crippen LogP contribution is -2.02. The molecule has 6 nitrogen and oxygen atoms in total. The third-order valence-electron chi connectivity index (χ3n) is 2.65. The van der Waals surface area contributed by atoms with Gasteiger partial charge in [0.25, 0.3) is 0 Å². The summed E-state index contributed by atoms with van der Waals surface area (Å²) in [6.45, 7) is 0.684.